The molecule has 0 bridgehead atoms. The van der Waals surface area contributed by atoms with Crippen molar-refractivity contribution in [3.05, 3.63) is 0 Å². The van der Waals surface area contributed by atoms with Gasteiger partial charge >= 0.3 is 105 Å². The van der Waals surface area contributed by atoms with Gasteiger partial charge in [-0.15, -0.1) is 12.4 Å². The van der Waals surface area contributed by atoms with Gasteiger partial charge in [-0.05, 0) is 0 Å². The van der Waals surface area contributed by atoms with E-state index in [2.05, 4.69) is 2.84 Å². The Morgan fingerprint density at radius 2 is 1.08 bits per heavy atom. The second-order valence-electron chi connectivity index (χ2n) is 0.924. The average Bonchev–Trinajstić information content (AvgIpc) is 1.14. The Hall–Kier alpha value is 2.59. The first-order valence-corrected chi connectivity index (χ1v) is 5.63. The molecule has 12 heavy (non-hydrogen) atoms. The summed E-state index contributed by atoms with van der Waals surface area (Å²) in [5, 5.41) is 0. The Morgan fingerprint density at radius 3 is 1.08 bits per heavy atom. The fourth-order valence-electron chi connectivity index (χ4n) is 0.109. The van der Waals surface area contributed by atoms with Crippen molar-refractivity contribution in [3.8, 4) is 0 Å². The summed E-state index contributed by atoms with van der Waals surface area (Å²) in [5.41, 5.74) is 0. The van der Waals surface area contributed by atoms with Crippen LogP contribution in [0.25, 0.3) is 0 Å². The quantitative estimate of drug-likeness (QED) is 0.559. The fourth-order valence-corrected chi connectivity index (χ4v) is 1.85. The summed E-state index contributed by atoms with van der Waals surface area (Å²) in [5.74, 6) is 0. The standard InChI is InChI=1S/ClH.2Cr.Fe.K.2H2O.5O.H/h1H;;;;;2*1H2;;;;;;/q;2*+1;;;;;;;;;;/p-2. The van der Waals surface area contributed by atoms with Gasteiger partial charge in [0.05, 0.1) is 0 Å². The van der Waals surface area contributed by atoms with Crippen LogP contribution in [-0.4, -0.2) is 59.7 Å². The third-order valence-electron chi connectivity index (χ3n) is 0.172. The topological polar surface area (TPSA) is 118 Å². The van der Waals surface area contributed by atoms with E-state index in [4.69, 9.17) is 8.32 Å². The molecule has 0 amide bonds. The van der Waals surface area contributed by atoms with Gasteiger partial charge in [-0.2, -0.15) is 0 Å². The van der Waals surface area contributed by atoms with Gasteiger partial charge < -0.3 is 0 Å². The summed E-state index contributed by atoms with van der Waals surface area (Å²) >= 11 is -11.5. The molecule has 0 aliphatic rings. The van der Waals surface area contributed by atoms with Crippen molar-refractivity contribution in [3.63, 3.8) is 0 Å². The number of rotatable bonds is 2. The maximum absolute atomic E-state index is 9.53. The van der Waals surface area contributed by atoms with Gasteiger partial charge in [0.25, 0.3) is 0 Å². The summed E-state index contributed by atoms with van der Waals surface area (Å²) in [7, 11) is 0. The van der Waals surface area contributed by atoms with Crippen LogP contribution in [-0.2, 0) is 62.3 Å². The minimum absolute atomic E-state index is 0. The van der Waals surface area contributed by atoms with Crippen molar-refractivity contribution in [1.29, 1.82) is 0 Å². The summed E-state index contributed by atoms with van der Waals surface area (Å²) in [6, 6.07) is 0. The van der Waals surface area contributed by atoms with Gasteiger partial charge in [0.1, 0.15) is 0 Å². The van der Waals surface area contributed by atoms with Crippen molar-refractivity contribution in [2.24, 2.45) is 0 Å². The zero-order valence-electron chi connectivity index (χ0n) is 4.51. The normalized spacial score (nSPS) is 10.2. The number of halogens is 1. The molecule has 0 heterocycles. The molecule has 0 aromatic rings. The van der Waals surface area contributed by atoms with E-state index in [9.17, 15) is 15.2 Å². The van der Waals surface area contributed by atoms with Gasteiger partial charge in [0.15, 0.2) is 0 Å². The van der Waals surface area contributed by atoms with Crippen molar-refractivity contribution in [2.75, 3.05) is 0 Å². The van der Waals surface area contributed by atoms with Crippen LogP contribution >= 0.6 is 12.4 Å². The van der Waals surface area contributed by atoms with Gasteiger partial charge in [-0.1, -0.05) is 0 Å². The molecule has 0 atom stereocenters. The molecule has 2 N–H and O–H groups in total. The molecular weight excluding hydrogens is 346 g/mol. The van der Waals surface area contributed by atoms with E-state index in [0.29, 0.717) is 0 Å². The van der Waals surface area contributed by atoms with Crippen LogP contribution in [0.4, 0.5) is 0 Å². The number of hydrogen-bond donors (Lipinski definition) is 2. The van der Waals surface area contributed by atoms with Crippen molar-refractivity contribution >= 4 is 63.8 Å². The van der Waals surface area contributed by atoms with Crippen LogP contribution in [0.3, 0.4) is 0 Å². The molecule has 0 radical (unpaired) electrons. The van der Waals surface area contributed by atoms with Crippen LogP contribution in [0.5, 0.6) is 0 Å². The molecule has 74 valence electrons. The maximum atomic E-state index is 9.53. The SMILES string of the molecule is Cl.[Fe].[KH].[O]=[Cr](=[O])([OH])[O][Cr](=[O])(=[O])[OH]. The Bertz CT molecular complexity index is 247. The molecule has 0 aromatic carbocycles. The van der Waals surface area contributed by atoms with Gasteiger partial charge in [0, 0.05) is 17.1 Å². The zero-order chi connectivity index (χ0) is 7.71. The fraction of sp³-hybridized carbons (Fsp3) is 0. The average molecular weight is 350 g/mol. The van der Waals surface area contributed by atoms with E-state index in [1.54, 1.807) is 0 Å². The van der Waals surface area contributed by atoms with Gasteiger partial charge in [0.2, 0.25) is 0 Å². The van der Waals surface area contributed by atoms with Crippen molar-refractivity contribution in [2.45, 2.75) is 0 Å². The summed E-state index contributed by atoms with van der Waals surface area (Å²) in [6.45, 7) is 0. The predicted molar refractivity (Wildman–Crippen MR) is 22.7 cm³/mol. The van der Waals surface area contributed by atoms with Crippen LogP contribution in [0.2, 0.25) is 0 Å². The molecule has 12 heteroatoms. The van der Waals surface area contributed by atoms with Crippen LogP contribution < -0.4 is 0 Å². The molecule has 0 saturated carbocycles. The monoisotopic (exact) mass is 350 g/mol. The van der Waals surface area contributed by atoms with Crippen molar-refractivity contribution in [1.82, 2.24) is 0 Å². The molecule has 0 aromatic heterocycles. The van der Waals surface area contributed by atoms with E-state index < -0.39 is 27.2 Å². The molecule has 7 nitrogen and oxygen atoms in total. The molecule has 0 saturated heterocycles. The molecule has 0 aliphatic carbocycles. The van der Waals surface area contributed by atoms with Crippen molar-refractivity contribution < 1.29 is 70.7 Å². The first-order valence-electron chi connectivity index (χ1n) is 1.37. The van der Waals surface area contributed by atoms with Gasteiger partial charge in [-0.25, -0.2) is 0 Å². The second-order valence-corrected chi connectivity index (χ2v) is 4.68. The zero-order valence-corrected chi connectivity index (χ0v) is 8.98. The van der Waals surface area contributed by atoms with E-state index in [-0.39, 0.29) is 80.9 Å². The van der Waals surface area contributed by atoms with Crippen LogP contribution in [0.1, 0.15) is 0 Å². The third-order valence-corrected chi connectivity index (χ3v) is 2.92. The Balaban J connectivity index is -0.000000107. The summed E-state index contributed by atoms with van der Waals surface area (Å²) in [6.07, 6.45) is 0. The summed E-state index contributed by atoms with van der Waals surface area (Å²) < 4.78 is 56.3. The Kier molecular flexibility index (Phi) is 17.7. The molecule has 0 unspecified atom stereocenters. The van der Waals surface area contributed by atoms with E-state index >= 15 is 0 Å². The first kappa shape index (κ1) is 24.0. The first-order chi connectivity index (χ1) is 3.71. The van der Waals surface area contributed by atoms with Crippen LogP contribution in [0, 0.1) is 0 Å². The summed E-state index contributed by atoms with van der Waals surface area (Å²) in [4.78, 5) is 0. The third kappa shape index (κ3) is 22.9. The Morgan fingerprint density at radius 1 is 0.917 bits per heavy atom. The van der Waals surface area contributed by atoms with Gasteiger partial charge in [-0.3, -0.25) is 0 Å². The molecule has 0 fully saturated rings. The number of hydrogen-bond acceptors (Lipinski definition) is 5. The second kappa shape index (κ2) is 8.86. The molecule has 0 rings (SSSR count). The Labute approximate surface area is 132 Å². The molecule has 0 aliphatic heterocycles. The van der Waals surface area contributed by atoms with E-state index in [0.717, 1.165) is 0 Å². The van der Waals surface area contributed by atoms with E-state index in [1.165, 1.54) is 0 Å². The molecule has 0 spiro atoms. The molecular formula is H4ClCr2FeKO7. The van der Waals surface area contributed by atoms with Crippen LogP contribution in [0.15, 0.2) is 0 Å². The predicted octanol–water partition coefficient (Wildman–Crippen LogP) is -1.89. The van der Waals surface area contributed by atoms with E-state index in [1.807, 2.05) is 0 Å². The minimum atomic E-state index is -5.76.